The van der Waals surface area contributed by atoms with Crippen molar-refractivity contribution in [2.24, 2.45) is 0 Å². The molecule has 6 atom stereocenters. The number of ether oxygens (including phenoxy) is 2. The fraction of sp³-hybridized carbons (Fsp3) is 0.545. The summed E-state index contributed by atoms with van der Waals surface area (Å²) < 4.78 is 11.8. The molecule has 0 spiro atoms. The lowest BCUT2D eigenvalue weighted by Crippen LogP contribution is -2.69. The van der Waals surface area contributed by atoms with Gasteiger partial charge in [0, 0.05) is 47.3 Å². The molecule has 11 heteroatoms. The highest BCUT2D eigenvalue weighted by atomic mass is 16.7. The van der Waals surface area contributed by atoms with E-state index in [0.29, 0.717) is 53.9 Å². The lowest BCUT2D eigenvalue weighted by atomic mass is 9.71. The third kappa shape index (κ3) is 4.46. The van der Waals surface area contributed by atoms with Crippen LogP contribution in [0.3, 0.4) is 0 Å². The first-order chi connectivity index (χ1) is 21.0. The van der Waals surface area contributed by atoms with Gasteiger partial charge in [-0.1, -0.05) is 13.0 Å². The van der Waals surface area contributed by atoms with Crippen molar-refractivity contribution in [3.05, 3.63) is 45.0 Å². The van der Waals surface area contributed by atoms with Crippen molar-refractivity contribution in [1.29, 1.82) is 5.26 Å². The number of amides is 2. The van der Waals surface area contributed by atoms with Gasteiger partial charge in [0.05, 0.1) is 18.2 Å². The molecule has 4 aliphatic rings. The minimum absolute atomic E-state index is 0.00457. The Morgan fingerprint density at radius 3 is 2.52 bits per heavy atom. The molecule has 1 saturated heterocycles. The van der Waals surface area contributed by atoms with Crippen molar-refractivity contribution in [2.75, 3.05) is 20.4 Å². The number of benzene rings is 2. The number of nitriles is 1. The second-order valence-corrected chi connectivity index (χ2v) is 12.6. The molecule has 1 fully saturated rings. The Morgan fingerprint density at radius 2 is 1.82 bits per heavy atom. The molecule has 11 nitrogen and oxygen atoms in total. The van der Waals surface area contributed by atoms with Crippen LogP contribution in [-0.2, 0) is 22.4 Å². The number of hydrogen-bond donors (Lipinski definition) is 4. The van der Waals surface area contributed by atoms with Crippen LogP contribution in [0.25, 0.3) is 0 Å². The number of nitrogens with zero attached hydrogens (tertiary/aromatic N) is 3. The monoisotopic (exact) mass is 603 g/mol. The van der Waals surface area contributed by atoms with Crippen molar-refractivity contribution in [3.63, 3.8) is 0 Å². The average molecular weight is 604 g/mol. The Hall–Kier alpha value is -4.01. The molecular weight excluding hydrogens is 562 g/mol. The number of hydrogen-bond acceptors (Lipinski definition) is 9. The van der Waals surface area contributed by atoms with Crippen LogP contribution in [0.4, 0.5) is 0 Å². The van der Waals surface area contributed by atoms with Crippen LogP contribution >= 0.6 is 0 Å². The molecule has 0 aliphatic carbocycles. The maximum absolute atomic E-state index is 13.3. The van der Waals surface area contributed by atoms with Gasteiger partial charge < -0.3 is 30.3 Å². The number of likely N-dealkylation sites (N-methyl/N-ethyl adjacent to an activating group) is 1. The molecule has 2 aromatic rings. The summed E-state index contributed by atoms with van der Waals surface area (Å²) in [7, 11) is 2.01. The van der Waals surface area contributed by atoms with Crippen molar-refractivity contribution < 1.29 is 29.3 Å². The molecule has 4 heterocycles. The van der Waals surface area contributed by atoms with E-state index in [0.717, 1.165) is 22.3 Å². The Morgan fingerprint density at radius 1 is 1.09 bits per heavy atom. The predicted octanol–water partition coefficient (Wildman–Crippen LogP) is 2.94. The third-order valence-electron chi connectivity index (χ3n) is 10.2. The fourth-order valence-electron chi connectivity index (χ4n) is 7.86. The standard InChI is InChI=1S/C33H41N5O6/c1-7-8-25(39)36-18(5)33(42)35-13-24-27-20(29(40)17(4)31-32(27)44-14-43-31)11-22-28-26-19(9-15(2)16(3)30(26)41)10-21(37(28)6)23(12-34)38(22)24/h9,18,21-24,28,40-41H,7-8,10-11,13-14H2,1-6H3,(H,35,42)(H,36,39)/t18-,21+,22?,23-,24-,28-/m0/s1. The van der Waals surface area contributed by atoms with Gasteiger partial charge in [0.2, 0.25) is 18.6 Å². The van der Waals surface area contributed by atoms with Crippen LogP contribution in [0.1, 0.15) is 77.7 Å². The second kappa shape index (κ2) is 11.2. The first kappa shape index (κ1) is 30.0. The van der Waals surface area contributed by atoms with Gasteiger partial charge in [0.1, 0.15) is 23.6 Å². The number of piperazine rings is 1. The summed E-state index contributed by atoms with van der Waals surface area (Å²) in [4.78, 5) is 29.8. The van der Waals surface area contributed by atoms with Crippen LogP contribution < -0.4 is 20.1 Å². The first-order valence-electron chi connectivity index (χ1n) is 15.4. The zero-order valence-corrected chi connectivity index (χ0v) is 26.2. The van der Waals surface area contributed by atoms with Crippen LogP contribution in [0.2, 0.25) is 0 Å². The average Bonchev–Trinajstić information content (AvgIpc) is 3.48. The normalized spacial score (nSPS) is 25.7. The highest BCUT2D eigenvalue weighted by Gasteiger charge is 2.56. The molecular formula is C33H41N5O6. The van der Waals surface area contributed by atoms with Crippen LogP contribution in [0, 0.1) is 32.1 Å². The summed E-state index contributed by atoms with van der Waals surface area (Å²) in [6.45, 7) is 9.37. The number of rotatable bonds is 6. The molecule has 0 saturated carbocycles. The highest BCUT2D eigenvalue weighted by Crippen LogP contribution is 2.57. The maximum Gasteiger partial charge on any atom is 0.242 e. The summed E-state index contributed by atoms with van der Waals surface area (Å²) in [5.41, 5.74) is 5.70. The van der Waals surface area contributed by atoms with Gasteiger partial charge >= 0.3 is 0 Å². The van der Waals surface area contributed by atoms with Gasteiger partial charge in [0.15, 0.2) is 11.5 Å². The maximum atomic E-state index is 13.3. The lowest BCUT2D eigenvalue weighted by Gasteiger charge is -2.60. The molecule has 234 valence electrons. The quantitative estimate of drug-likeness (QED) is 0.391. The fourth-order valence-corrected chi connectivity index (χ4v) is 7.86. The van der Waals surface area contributed by atoms with Gasteiger partial charge in [-0.15, -0.1) is 0 Å². The number of aryl methyl sites for hydroxylation is 1. The van der Waals surface area contributed by atoms with Crippen LogP contribution in [0.15, 0.2) is 6.07 Å². The van der Waals surface area contributed by atoms with Gasteiger partial charge in [0.25, 0.3) is 0 Å². The van der Waals surface area contributed by atoms with Gasteiger partial charge in [-0.05, 0) is 70.7 Å². The molecule has 6 rings (SSSR count). The molecule has 4 aliphatic heterocycles. The topological polar surface area (TPSA) is 147 Å². The van der Waals surface area contributed by atoms with Crippen molar-refractivity contribution in [3.8, 4) is 29.1 Å². The molecule has 44 heavy (non-hydrogen) atoms. The van der Waals surface area contributed by atoms with Gasteiger partial charge in [-0.25, -0.2) is 0 Å². The number of nitrogens with one attached hydrogen (secondary N) is 2. The number of aromatic hydroxyl groups is 2. The Bertz CT molecular complexity index is 1580. The molecule has 2 aromatic carbocycles. The Balaban J connectivity index is 1.47. The van der Waals surface area contributed by atoms with Crippen molar-refractivity contribution in [2.45, 2.75) is 96.6 Å². The Kier molecular flexibility index (Phi) is 7.62. The smallest absolute Gasteiger partial charge is 0.242 e. The second-order valence-electron chi connectivity index (χ2n) is 12.6. The number of phenolic OH excluding ortho intramolecular Hbond substituents is 2. The van der Waals surface area contributed by atoms with Crippen LogP contribution in [-0.4, -0.2) is 76.4 Å². The minimum atomic E-state index is -0.752. The van der Waals surface area contributed by atoms with E-state index in [1.54, 1.807) is 13.8 Å². The molecule has 4 N–H and O–H groups in total. The van der Waals surface area contributed by atoms with Crippen molar-refractivity contribution >= 4 is 11.8 Å². The zero-order chi connectivity index (χ0) is 31.6. The van der Waals surface area contributed by atoms with Crippen molar-refractivity contribution in [1.82, 2.24) is 20.4 Å². The number of phenols is 2. The largest absolute Gasteiger partial charge is 0.507 e. The highest BCUT2D eigenvalue weighted by molar-refractivity contribution is 5.87. The summed E-state index contributed by atoms with van der Waals surface area (Å²) in [5.74, 6) is 0.826. The molecule has 2 amide bonds. The number of fused-ring (bicyclic) bond motifs is 9. The SMILES string of the molecule is CCCC(=O)N[C@@H](C)C(=O)NC[C@H]1c2c(c(O)c(C)c3c2OCO3)CC2[C@H]3c4c(cc(C)c(C)c4O)C[C@H]([C@H](C#N)N21)N3C. The Labute approximate surface area is 257 Å². The zero-order valence-electron chi connectivity index (χ0n) is 26.2. The molecule has 0 aromatic heterocycles. The van der Waals surface area contributed by atoms with E-state index in [1.165, 1.54) is 0 Å². The van der Waals surface area contributed by atoms with E-state index in [4.69, 9.17) is 9.47 Å². The van der Waals surface area contributed by atoms with E-state index in [-0.39, 0.29) is 54.8 Å². The molecule has 1 unspecified atom stereocenters. The lowest BCUT2D eigenvalue weighted by molar-refractivity contribution is -0.129. The van der Waals surface area contributed by atoms with E-state index in [9.17, 15) is 25.1 Å². The molecule has 0 radical (unpaired) electrons. The summed E-state index contributed by atoms with van der Waals surface area (Å²) >= 11 is 0. The minimum Gasteiger partial charge on any atom is -0.507 e. The number of carbonyl (C=O) groups excluding carboxylic acids is 2. The van der Waals surface area contributed by atoms with Gasteiger partial charge in [-0.2, -0.15) is 5.26 Å². The van der Waals surface area contributed by atoms with E-state index >= 15 is 0 Å². The van der Waals surface area contributed by atoms with E-state index < -0.39 is 18.1 Å². The summed E-state index contributed by atoms with van der Waals surface area (Å²) in [6.07, 6.45) is 1.99. The first-order valence-corrected chi connectivity index (χ1v) is 15.4. The van der Waals surface area contributed by atoms with E-state index in [1.807, 2.05) is 27.8 Å². The predicted molar refractivity (Wildman–Crippen MR) is 162 cm³/mol. The summed E-state index contributed by atoms with van der Waals surface area (Å²) in [5, 5.41) is 39.6. The van der Waals surface area contributed by atoms with E-state index in [2.05, 4.69) is 32.6 Å². The third-order valence-corrected chi connectivity index (χ3v) is 10.2. The van der Waals surface area contributed by atoms with Crippen LogP contribution in [0.5, 0.6) is 23.0 Å². The summed E-state index contributed by atoms with van der Waals surface area (Å²) in [6, 6.07) is 2.10. The molecule has 2 bridgehead atoms. The number of carbonyl (C=O) groups is 2. The van der Waals surface area contributed by atoms with Gasteiger partial charge in [-0.3, -0.25) is 19.4 Å².